The fourth-order valence-electron chi connectivity index (χ4n) is 5.34. The molecule has 4 rings (SSSR count). The van der Waals surface area contributed by atoms with Gasteiger partial charge in [0.15, 0.2) is 0 Å². The molecule has 0 saturated carbocycles. The van der Waals surface area contributed by atoms with Gasteiger partial charge in [-0.3, -0.25) is 0 Å². The van der Waals surface area contributed by atoms with Crippen LogP contribution in [0.25, 0.3) is 5.70 Å². The first-order valence-electron chi connectivity index (χ1n) is 11.9. The summed E-state index contributed by atoms with van der Waals surface area (Å²) >= 11 is 0. The molecule has 0 spiro atoms. The quantitative estimate of drug-likeness (QED) is 0.500. The second-order valence-corrected chi connectivity index (χ2v) is 11.1. The third-order valence-electron chi connectivity index (χ3n) is 6.68. The Morgan fingerprint density at radius 1 is 1.14 bits per heavy atom. The van der Waals surface area contributed by atoms with Crippen molar-refractivity contribution in [2.45, 2.75) is 56.8 Å². The molecular formula is C28H28F3N3O2S. The van der Waals surface area contributed by atoms with E-state index in [1.807, 2.05) is 23.0 Å². The van der Waals surface area contributed by atoms with Gasteiger partial charge in [0.1, 0.15) is 6.04 Å². The number of alkyl halides is 3. The molecule has 5 nitrogen and oxygen atoms in total. The van der Waals surface area contributed by atoms with Crippen molar-refractivity contribution in [2.75, 3.05) is 6.54 Å². The maximum absolute atomic E-state index is 14.4. The monoisotopic (exact) mass is 527 g/mol. The van der Waals surface area contributed by atoms with Crippen molar-refractivity contribution in [3.63, 3.8) is 0 Å². The summed E-state index contributed by atoms with van der Waals surface area (Å²) in [5, 5.41) is 9.51. The summed E-state index contributed by atoms with van der Waals surface area (Å²) in [6, 6.07) is 11.6. The highest BCUT2D eigenvalue weighted by molar-refractivity contribution is 7.89. The number of allylic oxidation sites excluding steroid dienone is 2. The molecule has 2 atom stereocenters. The molecule has 9 heteroatoms. The molecule has 1 N–H and O–H groups in total. The first-order valence-corrected chi connectivity index (χ1v) is 13.4. The van der Waals surface area contributed by atoms with E-state index in [1.165, 1.54) is 0 Å². The standard InChI is InChI=1S/C28H28F3N3O2S/c1-18-15-19(2)27(20(3)16-18)37(35,36)33-25(28(29,30)31)17-34-24-12-8-7-11-22(24)23(13-14-32)26(34)21-9-5-4-6-10-21/h4-11,15-16,24-25,33H,12-13,17H2,1-3H3. The Labute approximate surface area is 215 Å². The van der Waals surface area contributed by atoms with Crippen molar-refractivity contribution in [1.29, 1.82) is 5.26 Å². The zero-order valence-electron chi connectivity index (χ0n) is 20.8. The molecule has 2 aliphatic rings. The molecule has 1 heterocycles. The predicted molar refractivity (Wildman–Crippen MR) is 137 cm³/mol. The van der Waals surface area contributed by atoms with Crippen LogP contribution in [0.5, 0.6) is 0 Å². The highest BCUT2D eigenvalue weighted by atomic mass is 32.2. The highest BCUT2D eigenvalue weighted by Gasteiger charge is 2.47. The zero-order chi connectivity index (χ0) is 27.0. The Bertz CT molecular complexity index is 1410. The van der Waals surface area contributed by atoms with Crippen molar-refractivity contribution in [3.8, 4) is 6.07 Å². The first kappa shape index (κ1) is 26.7. The molecule has 2 unspecified atom stereocenters. The van der Waals surface area contributed by atoms with E-state index in [0.29, 0.717) is 34.4 Å². The minimum absolute atomic E-state index is 0.0288. The SMILES string of the molecule is Cc1cc(C)c(S(=O)(=O)NC(CN2C(c3ccccc3)=C(CC#N)C3=CC=CCC32)C(F)(F)F)c(C)c1. The van der Waals surface area contributed by atoms with Crippen LogP contribution < -0.4 is 4.72 Å². The van der Waals surface area contributed by atoms with Gasteiger partial charge in [-0.1, -0.05) is 66.3 Å². The lowest BCUT2D eigenvalue weighted by atomic mass is 9.93. The van der Waals surface area contributed by atoms with Gasteiger partial charge in [0.05, 0.1) is 23.4 Å². The van der Waals surface area contributed by atoms with Crippen molar-refractivity contribution in [1.82, 2.24) is 9.62 Å². The number of sulfonamides is 1. The van der Waals surface area contributed by atoms with Crippen molar-refractivity contribution < 1.29 is 21.6 Å². The third-order valence-corrected chi connectivity index (χ3v) is 8.45. The minimum atomic E-state index is -4.85. The predicted octanol–water partition coefficient (Wildman–Crippen LogP) is 5.72. The molecular weight excluding hydrogens is 499 g/mol. The number of aryl methyl sites for hydroxylation is 3. The lowest BCUT2D eigenvalue weighted by Crippen LogP contribution is -2.53. The van der Waals surface area contributed by atoms with Crippen LogP contribution in [0.15, 0.2) is 76.7 Å². The van der Waals surface area contributed by atoms with Gasteiger partial charge >= 0.3 is 6.18 Å². The fraction of sp³-hybridized carbons (Fsp3) is 0.321. The summed E-state index contributed by atoms with van der Waals surface area (Å²) in [5.74, 6) is 0. The van der Waals surface area contributed by atoms with E-state index in [1.54, 1.807) is 68.1 Å². The van der Waals surface area contributed by atoms with E-state index in [2.05, 4.69) is 6.07 Å². The molecule has 1 aliphatic carbocycles. The molecule has 0 saturated heterocycles. The summed E-state index contributed by atoms with van der Waals surface area (Å²) in [7, 11) is -4.49. The van der Waals surface area contributed by atoms with Crippen molar-refractivity contribution in [3.05, 3.63) is 94.1 Å². The molecule has 2 aromatic carbocycles. The summed E-state index contributed by atoms with van der Waals surface area (Å²) < 4.78 is 71.9. The van der Waals surface area contributed by atoms with Crippen molar-refractivity contribution in [2.24, 2.45) is 0 Å². The Hall–Kier alpha value is -3.35. The zero-order valence-corrected chi connectivity index (χ0v) is 21.6. The van der Waals surface area contributed by atoms with E-state index < -0.39 is 34.8 Å². The Kier molecular flexibility index (Phi) is 7.36. The fourth-order valence-corrected chi connectivity index (χ4v) is 7.01. The topological polar surface area (TPSA) is 73.2 Å². The summed E-state index contributed by atoms with van der Waals surface area (Å²) in [4.78, 5) is 1.46. The Balaban J connectivity index is 1.78. The van der Waals surface area contributed by atoms with Crippen LogP contribution in [0.4, 0.5) is 13.2 Å². The molecule has 194 valence electrons. The van der Waals surface area contributed by atoms with Crippen LogP contribution >= 0.6 is 0 Å². The van der Waals surface area contributed by atoms with Gasteiger partial charge in [-0.25, -0.2) is 8.42 Å². The number of hydrogen-bond acceptors (Lipinski definition) is 4. The van der Waals surface area contributed by atoms with Crippen molar-refractivity contribution >= 4 is 15.7 Å². The first-order chi connectivity index (χ1) is 17.4. The molecule has 0 fully saturated rings. The summed E-state index contributed by atoms with van der Waals surface area (Å²) in [6.07, 6.45) is 1.15. The average Bonchev–Trinajstić information content (AvgIpc) is 3.11. The van der Waals surface area contributed by atoms with Gasteiger partial charge in [-0.15, -0.1) is 0 Å². The van der Waals surface area contributed by atoms with Gasteiger partial charge in [0, 0.05) is 12.2 Å². The third kappa shape index (κ3) is 5.36. The van der Waals surface area contributed by atoms with E-state index in [-0.39, 0.29) is 11.3 Å². The Morgan fingerprint density at radius 2 is 1.78 bits per heavy atom. The molecule has 0 amide bonds. The van der Waals surface area contributed by atoms with Gasteiger partial charge in [-0.05, 0) is 55.0 Å². The van der Waals surface area contributed by atoms with Crippen LogP contribution in [-0.2, 0) is 10.0 Å². The molecule has 1 aliphatic heterocycles. The van der Waals surface area contributed by atoms with E-state index in [4.69, 9.17) is 0 Å². The van der Waals surface area contributed by atoms with Crippen LogP contribution in [0.1, 0.15) is 35.1 Å². The van der Waals surface area contributed by atoms with Crippen LogP contribution in [0, 0.1) is 32.1 Å². The van der Waals surface area contributed by atoms with Gasteiger partial charge in [-0.2, -0.15) is 23.2 Å². The number of halogens is 3. The largest absolute Gasteiger partial charge is 0.406 e. The van der Waals surface area contributed by atoms with E-state index >= 15 is 0 Å². The van der Waals surface area contributed by atoms with Gasteiger partial charge in [0.25, 0.3) is 0 Å². The number of rotatable bonds is 7. The maximum atomic E-state index is 14.4. The molecule has 2 aromatic rings. The smallest absolute Gasteiger partial charge is 0.361 e. The maximum Gasteiger partial charge on any atom is 0.406 e. The lowest BCUT2D eigenvalue weighted by molar-refractivity contribution is -0.154. The normalized spacial score (nSPS) is 18.5. The van der Waals surface area contributed by atoms with E-state index in [9.17, 15) is 26.9 Å². The van der Waals surface area contributed by atoms with Crippen LogP contribution in [-0.4, -0.2) is 38.1 Å². The number of nitrogens with zero attached hydrogens (tertiary/aromatic N) is 2. The number of hydrogen-bond donors (Lipinski definition) is 1. The number of nitrogens with one attached hydrogen (secondary N) is 1. The molecule has 0 bridgehead atoms. The average molecular weight is 528 g/mol. The molecule has 0 aromatic heterocycles. The van der Waals surface area contributed by atoms with Crippen LogP contribution in [0.3, 0.4) is 0 Å². The number of benzene rings is 2. The van der Waals surface area contributed by atoms with E-state index in [0.717, 1.165) is 11.1 Å². The number of nitriles is 1. The second-order valence-electron chi connectivity index (χ2n) is 9.43. The Morgan fingerprint density at radius 3 is 2.38 bits per heavy atom. The van der Waals surface area contributed by atoms with Crippen LogP contribution in [0.2, 0.25) is 0 Å². The summed E-state index contributed by atoms with van der Waals surface area (Å²) in [5.41, 5.74) is 4.25. The van der Waals surface area contributed by atoms with Gasteiger partial charge in [0.2, 0.25) is 10.0 Å². The highest BCUT2D eigenvalue weighted by Crippen LogP contribution is 2.44. The molecule has 37 heavy (non-hydrogen) atoms. The molecule has 0 radical (unpaired) electrons. The lowest BCUT2D eigenvalue weighted by Gasteiger charge is -2.35. The summed E-state index contributed by atoms with van der Waals surface area (Å²) in [6.45, 7) is 4.32. The van der Waals surface area contributed by atoms with Gasteiger partial charge < -0.3 is 4.90 Å². The second kappa shape index (κ2) is 10.2. The number of fused-ring (bicyclic) bond motifs is 1. The minimum Gasteiger partial charge on any atom is -0.361 e.